The summed E-state index contributed by atoms with van der Waals surface area (Å²) in [6.45, 7) is 5.03. The number of hydrogen-bond donors (Lipinski definition) is 2. The van der Waals surface area contributed by atoms with Gasteiger partial charge in [0.15, 0.2) is 0 Å². The average Bonchev–Trinajstić information content (AvgIpc) is 2.07. The second-order valence-electron chi connectivity index (χ2n) is 7.38. The van der Waals surface area contributed by atoms with Gasteiger partial charge in [-0.15, -0.1) is 11.1 Å². The minimum atomic E-state index is -4.86. The monoisotopic (exact) mass is 396 g/mol. The Hall–Kier alpha value is 0.457. The molecular weight excluding hydrogens is 363 g/mol. The first-order valence-electron chi connectivity index (χ1n) is 7.07. The van der Waals surface area contributed by atoms with Crippen molar-refractivity contribution in [3.8, 4) is 0 Å². The summed E-state index contributed by atoms with van der Waals surface area (Å²) in [6, 6.07) is 0. The molecule has 0 aliphatic carbocycles. The lowest BCUT2D eigenvalue weighted by Gasteiger charge is -2.33. The van der Waals surface area contributed by atoms with E-state index in [2.05, 4.69) is 46.5 Å². The third-order valence-electron chi connectivity index (χ3n) is 1.87. The molecule has 0 aliphatic rings. The van der Waals surface area contributed by atoms with E-state index in [0.29, 0.717) is 0 Å². The van der Waals surface area contributed by atoms with E-state index < -0.39 is 15.4 Å². The van der Waals surface area contributed by atoms with Crippen LogP contribution >= 0.6 is 18.9 Å². The Balaban J connectivity index is -0.000000264. The first kappa shape index (κ1) is 28.3. The number of rotatable bonds is 6. The maximum Gasteiger partial charge on any atom is 0.288 e. The standard InChI is InChI=1S/2C5H14NO.C2H8ClO4PSi/c2*1-6(2,3)4-5-7;1-9(2,3)7-8(4,5)6/h2*7H,4-5H2,1-3H3;1-2H3,(H2,4,5,6)/q2*+1;/p-2. The highest BCUT2D eigenvalue weighted by atomic mass is 35.6. The first-order valence-corrected chi connectivity index (χ1v) is 12.5. The van der Waals surface area contributed by atoms with Gasteiger partial charge in [-0.2, -0.15) is 0 Å². The van der Waals surface area contributed by atoms with E-state index in [1.807, 2.05) is 0 Å². The molecule has 0 saturated carbocycles. The number of nitrogens with zero attached hydrogens (tertiary/aromatic N) is 2. The molecule has 0 rings (SSSR count). The lowest BCUT2D eigenvalue weighted by atomic mass is 10.5. The molecule has 0 atom stereocenters. The lowest BCUT2D eigenvalue weighted by Crippen LogP contribution is -2.36. The molecule has 23 heavy (non-hydrogen) atoms. The van der Waals surface area contributed by atoms with Crippen molar-refractivity contribution in [2.45, 2.75) is 13.1 Å². The highest BCUT2D eigenvalue weighted by Crippen LogP contribution is 2.32. The third-order valence-corrected chi connectivity index (χ3v) is 5.12. The number of aliphatic hydroxyl groups is 2. The van der Waals surface area contributed by atoms with E-state index in [1.165, 1.54) is 13.1 Å². The minimum Gasteiger partial charge on any atom is -0.791 e. The van der Waals surface area contributed by atoms with Gasteiger partial charge in [-0.25, -0.2) is 0 Å². The van der Waals surface area contributed by atoms with Gasteiger partial charge in [-0.3, -0.25) is 0 Å². The predicted octanol–water partition coefficient (Wildman–Crippen LogP) is -0.858. The van der Waals surface area contributed by atoms with Crippen LogP contribution < -0.4 is 9.79 Å². The zero-order valence-electron chi connectivity index (χ0n) is 15.6. The van der Waals surface area contributed by atoms with Gasteiger partial charge < -0.3 is 37.7 Å². The molecule has 0 amide bonds. The van der Waals surface area contributed by atoms with Crippen molar-refractivity contribution in [2.75, 3.05) is 68.6 Å². The molecule has 0 aromatic heterocycles. The largest absolute Gasteiger partial charge is 0.791 e. The van der Waals surface area contributed by atoms with E-state index in [9.17, 15) is 14.4 Å². The molecule has 144 valence electrons. The van der Waals surface area contributed by atoms with Gasteiger partial charge in [0.1, 0.15) is 13.1 Å². The van der Waals surface area contributed by atoms with Crippen LogP contribution in [0.4, 0.5) is 0 Å². The van der Waals surface area contributed by atoms with Crippen LogP contribution in [-0.4, -0.2) is 95.4 Å². The molecule has 0 radical (unpaired) electrons. The smallest absolute Gasteiger partial charge is 0.288 e. The summed E-state index contributed by atoms with van der Waals surface area (Å²) in [7, 11) is 4.74. The Morgan fingerprint density at radius 3 is 1.22 bits per heavy atom. The molecule has 2 N–H and O–H groups in total. The molecule has 8 nitrogen and oxygen atoms in total. The molecule has 0 aliphatic heterocycles. The molecule has 0 unspecified atom stereocenters. The Kier molecular flexibility index (Phi) is 14.6. The maximum absolute atomic E-state index is 9.85. The molecular formula is C12H34ClN2O6PSi. The molecule has 0 heterocycles. The van der Waals surface area contributed by atoms with Crippen LogP contribution in [0.25, 0.3) is 0 Å². The van der Waals surface area contributed by atoms with Crippen molar-refractivity contribution in [1.82, 2.24) is 0 Å². The summed E-state index contributed by atoms with van der Waals surface area (Å²) in [6.07, 6.45) is 0. The summed E-state index contributed by atoms with van der Waals surface area (Å²) < 4.78 is 15.5. The average molecular weight is 397 g/mol. The minimum absolute atomic E-state index is 0.281. The molecule has 0 spiro atoms. The normalized spacial score (nSPS) is 12.7. The Morgan fingerprint density at radius 2 is 1.22 bits per heavy atom. The number of halogens is 1. The Bertz CT molecular complexity index is 320. The van der Waals surface area contributed by atoms with E-state index in [1.54, 1.807) is 0 Å². The van der Waals surface area contributed by atoms with Gasteiger partial charge in [0.25, 0.3) is 7.63 Å². The van der Waals surface area contributed by atoms with Crippen molar-refractivity contribution in [2.24, 2.45) is 0 Å². The van der Waals surface area contributed by atoms with Gasteiger partial charge in [0, 0.05) is 7.82 Å². The zero-order chi connectivity index (χ0) is 19.5. The first-order chi connectivity index (χ1) is 9.83. The second kappa shape index (κ2) is 11.9. The number of phosphoric acid groups is 1. The topological polar surface area (TPSA) is 113 Å². The summed E-state index contributed by atoms with van der Waals surface area (Å²) in [4.78, 5) is 19.7. The molecule has 11 heteroatoms. The molecule has 0 bridgehead atoms. The van der Waals surface area contributed by atoms with Crippen LogP contribution in [0.3, 0.4) is 0 Å². The number of quaternary nitrogens is 2. The van der Waals surface area contributed by atoms with Crippen LogP contribution in [0.15, 0.2) is 0 Å². The highest BCUT2D eigenvalue weighted by Gasteiger charge is 2.19. The SMILES string of the molecule is C[N+](C)(C)CCO.C[N+](C)(C)CCO.C[Si](C)(Cl)OP(=O)([O-])[O-]. The molecule has 0 fully saturated rings. The van der Waals surface area contributed by atoms with Gasteiger partial charge in [-0.1, -0.05) is 0 Å². The zero-order valence-corrected chi connectivity index (χ0v) is 18.2. The molecule has 0 aromatic carbocycles. The van der Waals surface area contributed by atoms with Crippen molar-refractivity contribution in [3.05, 3.63) is 0 Å². The fraction of sp³-hybridized carbons (Fsp3) is 1.00. The van der Waals surface area contributed by atoms with E-state index in [4.69, 9.17) is 21.3 Å². The van der Waals surface area contributed by atoms with Crippen molar-refractivity contribution >= 4 is 26.5 Å². The van der Waals surface area contributed by atoms with Crippen molar-refractivity contribution in [3.63, 3.8) is 0 Å². The van der Waals surface area contributed by atoms with Crippen LogP contribution in [0, 0.1) is 0 Å². The number of likely N-dealkylation sites (N-methyl/N-ethyl adjacent to an activating group) is 2. The van der Waals surface area contributed by atoms with Gasteiger partial charge in [-0.05, 0) is 13.1 Å². The lowest BCUT2D eigenvalue weighted by molar-refractivity contribution is -0.870. The second-order valence-corrected chi connectivity index (χ2v) is 14.5. The summed E-state index contributed by atoms with van der Waals surface area (Å²) >= 11 is 5.36. The van der Waals surface area contributed by atoms with Gasteiger partial charge >= 0.3 is 0 Å². The predicted molar refractivity (Wildman–Crippen MR) is 92.0 cm³/mol. The van der Waals surface area contributed by atoms with E-state index in [0.717, 1.165) is 22.1 Å². The Morgan fingerprint density at radius 1 is 0.957 bits per heavy atom. The summed E-state index contributed by atoms with van der Waals surface area (Å²) in [5.74, 6) is 0. The maximum atomic E-state index is 9.85. The Labute approximate surface area is 146 Å². The van der Waals surface area contributed by atoms with E-state index >= 15 is 0 Å². The van der Waals surface area contributed by atoms with Gasteiger partial charge in [0.2, 0.25) is 0 Å². The highest BCUT2D eigenvalue weighted by molar-refractivity contribution is 7.47. The van der Waals surface area contributed by atoms with Gasteiger partial charge in [0.05, 0.1) is 55.5 Å². The van der Waals surface area contributed by atoms with E-state index in [-0.39, 0.29) is 13.2 Å². The summed E-state index contributed by atoms with van der Waals surface area (Å²) in [5, 5.41) is 16.8. The molecule has 0 saturated heterocycles. The van der Waals surface area contributed by atoms with Crippen LogP contribution in [0.1, 0.15) is 0 Å². The number of aliphatic hydroxyl groups excluding tert-OH is 2. The van der Waals surface area contributed by atoms with Crippen molar-refractivity contribution in [1.29, 1.82) is 0 Å². The van der Waals surface area contributed by atoms with Crippen LogP contribution in [0.5, 0.6) is 0 Å². The number of hydrogen-bond acceptors (Lipinski definition) is 6. The summed E-state index contributed by atoms with van der Waals surface area (Å²) in [5.41, 5.74) is 0. The molecule has 0 aromatic rings. The van der Waals surface area contributed by atoms with Crippen molar-refractivity contribution < 1.29 is 37.7 Å². The fourth-order valence-corrected chi connectivity index (χ4v) is 3.75. The third kappa shape index (κ3) is 45.0. The van der Waals surface area contributed by atoms with Crippen LogP contribution in [-0.2, 0) is 8.78 Å². The fourth-order valence-electron chi connectivity index (χ4n) is 0.866. The van der Waals surface area contributed by atoms with Crippen LogP contribution in [0.2, 0.25) is 13.1 Å². The quantitative estimate of drug-likeness (QED) is 0.261.